The number of para-hydroxylation sites is 2. The molecule has 61 heavy (non-hydrogen) atoms. The fourth-order valence-electron chi connectivity index (χ4n) is 7.80. The van der Waals surface area contributed by atoms with Crippen LogP contribution in [-0.4, -0.2) is 19.5 Å². The van der Waals surface area contributed by atoms with Crippen LogP contribution in [0.1, 0.15) is 70.1 Å². The van der Waals surface area contributed by atoms with Gasteiger partial charge < -0.3 is 19.0 Å². The van der Waals surface area contributed by atoms with Gasteiger partial charge in [0.15, 0.2) is 0 Å². The van der Waals surface area contributed by atoms with E-state index in [1.807, 2.05) is 12.1 Å². The Bertz CT molecular complexity index is 3240. The molecule has 0 aliphatic rings. The minimum atomic E-state index is -2.27. The third-order valence-electron chi connectivity index (χ3n) is 10.8. The summed E-state index contributed by atoms with van der Waals surface area (Å²) in [7, 11) is 0. The van der Waals surface area contributed by atoms with Gasteiger partial charge in [-0.2, -0.15) is 0 Å². The molecule has 0 aliphatic carbocycles. The van der Waals surface area contributed by atoms with Gasteiger partial charge in [0.2, 0.25) is 0 Å². The molecule has 0 fully saturated rings. The van der Waals surface area contributed by atoms with Gasteiger partial charge in [-0.25, -0.2) is 0 Å². The first kappa shape index (κ1) is 34.3. The molecule has 1 radical (unpaired) electrons. The molecule has 10 aromatic rings. The van der Waals surface area contributed by atoms with Crippen LogP contribution in [0.15, 0.2) is 162 Å². The van der Waals surface area contributed by atoms with Crippen LogP contribution in [-0.2, 0) is 20.1 Å². The van der Waals surface area contributed by atoms with Crippen molar-refractivity contribution in [1.82, 2.24) is 19.5 Å². The van der Waals surface area contributed by atoms with Crippen LogP contribution in [0.3, 0.4) is 0 Å². The van der Waals surface area contributed by atoms with Gasteiger partial charge >= 0.3 is 0 Å². The van der Waals surface area contributed by atoms with E-state index in [9.17, 15) is 0 Å². The number of pyridine rings is 2. The van der Waals surface area contributed by atoms with Crippen LogP contribution in [0, 0.1) is 25.8 Å². The van der Waals surface area contributed by atoms with Gasteiger partial charge in [0, 0.05) is 45.6 Å². The van der Waals surface area contributed by atoms with Gasteiger partial charge in [0.05, 0.1) is 22.4 Å². The van der Waals surface area contributed by atoms with E-state index in [0.717, 1.165) is 49.9 Å². The zero-order chi connectivity index (χ0) is 46.3. The van der Waals surface area contributed by atoms with Gasteiger partial charge in [-0.3, -0.25) is 4.98 Å². The van der Waals surface area contributed by atoms with Crippen molar-refractivity contribution in [1.29, 1.82) is 0 Å². The van der Waals surface area contributed by atoms with Gasteiger partial charge in [-0.15, -0.1) is 35.9 Å². The van der Waals surface area contributed by atoms with Crippen molar-refractivity contribution < 1.29 is 32.7 Å². The largest absolute Gasteiger partial charge is 0.501 e. The second-order valence-electron chi connectivity index (χ2n) is 15.5. The van der Waals surface area contributed by atoms with Crippen LogP contribution < -0.4 is 0 Å². The third-order valence-corrected chi connectivity index (χ3v) is 10.8. The molecule has 4 aromatic heterocycles. The minimum Gasteiger partial charge on any atom is -0.501 e. The molecule has 0 spiro atoms. The molecule has 0 saturated carbocycles. The molecule has 0 N–H and O–H groups in total. The molecule has 0 bridgehead atoms. The molecule has 0 atom stereocenters. The zero-order valence-corrected chi connectivity index (χ0v) is 36.6. The van der Waals surface area contributed by atoms with Crippen molar-refractivity contribution in [2.45, 2.75) is 53.2 Å². The standard InChI is InChI=1S/C43H35N2O.C12H11N2.Ir/c1-27(2)36-24-32(30-16-9-6-10-17-30)25-37(28(3)4)41(36)45-39-21-12-11-20-38(39)44-43(45)35-19-13-18-34-33-23-22-31(26-40(33)46-42(34)35)29-14-7-5-8-15-29;1-9-3-6-12(14-7-9)11-5-4-10(2)13-8-11;/h5-18,20-28H,1-4H3;3-4,6-8H,1-2H3;/q2*-1;/i;1D3,2D3;. The molecular weight excluding hydrogens is 925 g/mol. The fraction of sp³-hybridized carbons (Fsp3) is 0.145. The summed E-state index contributed by atoms with van der Waals surface area (Å²) in [6.07, 6.45) is 2.63. The number of hydrogen-bond donors (Lipinski definition) is 0. The van der Waals surface area contributed by atoms with Crippen molar-refractivity contribution in [2.75, 3.05) is 0 Å². The van der Waals surface area contributed by atoms with E-state index in [2.05, 4.69) is 170 Å². The zero-order valence-electron chi connectivity index (χ0n) is 40.2. The van der Waals surface area contributed by atoms with Crippen LogP contribution in [0.25, 0.3) is 83.6 Å². The van der Waals surface area contributed by atoms with E-state index in [0.29, 0.717) is 11.3 Å². The average molecular weight is 977 g/mol. The van der Waals surface area contributed by atoms with Gasteiger partial charge in [0.1, 0.15) is 5.58 Å². The van der Waals surface area contributed by atoms with Gasteiger partial charge in [0.25, 0.3) is 0 Å². The molecule has 303 valence electrons. The van der Waals surface area contributed by atoms with Crippen molar-refractivity contribution in [3.8, 4) is 50.6 Å². The van der Waals surface area contributed by atoms with Crippen molar-refractivity contribution in [3.05, 3.63) is 193 Å². The summed E-state index contributed by atoms with van der Waals surface area (Å²) in [6, 6.07) is 55.6. The second-order valence-corrected chi connectivity index (χ2v) is 15.5. The predicted molar refractivity (Wildman–Crippen MR) is 247 cm³/mol. The number of aromatic nitrogens is 4. The van der Waals surface area contributed by atoms with E-state index < -0.39 is 13.7 Å². The maximum absolute atomic E-state index is 7.26. The Hall–Kier alpha value is -6.46. The first-order chi connectivity index (χ1) is 31.7. The summed E-state index contributed by atoms with van der Waals surface area (Å²) in [5, 5.41) is 2.15. The Labute approximate surface area is 380 Å². The topological polar surface area (TPSA) is 56.7 Å². The maximum Gasteiger partial charge on any atom is 0.121 e. The number of benzene rings is 6. The van der Waals surface area contributed by atoms with E-state index in [-0.39, 0.29) is 43.2 Å². The van der Waals surface area contributed by atoms with Gasteiger partial charge in [-0.1, -0.05) is 149 Å². The fourth-order valence-corrected chi connectivity index (χ4v) is 7.80. The number of rotatable bonds is 7. The summed E-state index contributed by atoms with van der Waals surface area (Å²) >= 11 is 0. The molecule has 0 aliphatic heterocycles. The quantitative estimate of drug-likeness (QED) is 0.149. The summed E-state index contributed by atoms with van der Waals surface area (Å²) in [4.78, 5) is 13.2. The maximum atomic E-state index is 7.26. The Morgan fingerprint density at radius 2 is 1.34 bits per heavy atom. The minimum absolute atomic E-state index is 0. The van der Waals surface area contributed by atoms with E-state index in [1.54, 1.807) is 6.07 Å². The van der Waals surface area contributed by atoms with Crippen molar-refractivity contribution in [2.24, 2.45) is 0 Å². The van der Waals surface area contributed by atoms with E-state index in [1.165, 1.54) is 58.0 Å². The number of imidazole rings is 1. The summed E-state index contributed by atoms with van der Waals surface area (Å²) in [5.74, 6) is 1.41. The molecule has 4 heterocycles. The molecule has 6 heteroatoms. The Morgan fingerprint density at radius 1 is 0.639 bits per heavy atom. The smallest absolute Gasteiger partial charge is 0.121 e. The number of nitrogens with zero attached hydrogens (tertiary/aromatic N) is 4. The summed E-state index contributed by atoms with van der Waals surface area (Å²) < 4.78 is 52.5. The average Bonchev–Trinajstić information content (AvgIpc) is 3.90. The van der Waals surface area contributed by atoms with Crippen molar-refractivity contribution >= 4 is 33.0 Å². The normalized spacial score (nSPS) is 13.1. The first-order valence-corrected chi connectivity index (χ1v) is 20.1. The van der Waals surface area contributed by atoms with Crippen molar-refractivity contribution in [3.63, 3.8) is 0 Å². The third kappa shape index (κ3) is 8.22. The molecular formula is C55H46IrN4O-2. The Balaban J connectivity index is 0.000000244. The van der Waals surface area contributed by atoms with Crippen LogP contribution in [0.5, 0.6) is 0 Å². The Kier molecular flexibility index (Phi) is 9.91. The number of furan rings is 1. The molecule has 0 unspecified atom stereocenters. The number of hydrogen-bond acceptors (Lipinski definition) is 4. The molecule has 0 amide bonds. The Morgan fingerprint density at radius 3 is 1.98 bits per heavy atom. The second kappa shape index (κ2) is 17.6. The monoisotopic (exact) mass is 977 g/mol. The summed E-state index contributed by atoms with van der Waals surface area (Å²) in [5.41, 5.74) is 14.2. The molecule has 10 rings (SSSR count). The van der Waals surface area contributed by atoms with Gasteiger partial charge in [-0.05, 0) is 99.4 Å². The number of fused-ring (bicyclic) bond motifs is 4. The predicted octanol–water partition coefficient (Wildman–Crippen LogP) is 14.5. The van der Waals surface area contributed by atoms with Crippen LogP contribution in [0.4, 0.5) is 0 Å². The molecule has 0 saturated heterocycles. The van der Waals surface area contributed by atoms with Crippen LogP contribution in [0.2, 0.25) is 0 Å². The summed E-state index contributed by atoms with van der Waals surface area (Å²) in [6.45, 7) is 4.67. The van der Waals surface area contributed by atoms with E-state index in [4.69, 9.17) is 17.6 Å². The van der Waals surface area contributed by atoms with E-state index >= 15 is 0 Å². The molecule has 5 nitrogen and oxygen atoms in total. The molecule has 6 aromatic carbocycles. The first-order valence-electron chi connectivity index (χ1n) is 23.1. The van der Waals surface area contributed by atoms with Crippen LogP contribution >= 0.6 is 0 Å². The number of aryl methyl sites for hydroxylation is 2. The SMILES string of the molecule is CC(C)c1cc(-c2ccccc2)cc(C(C)C)c1-n1c(-c2[c-]ccc3c2oc2cc(-c4ccccc4)ccc23)nc2ccccc21.[2H]C([2H])([2H])c1ccc(-c2[c-]cc(C([2H])([2H])[2H])nc2)nc1.[Ir].